The molecule has 0 radical (unpaired) electrons. The molecule has 0 bridgehead atoms. The lowest BCUT2D eigenvalue weighted by Gasteiger charge is -2.05. The Kier molecular flexibility index (Phi) is 5.79. The number of halogens is 1. The van der Waals surface area contributed by atoms with Gasteiger partial charge in [0.15, 0.2) is 5.17 Å². The molecule has 3 rings (SSSR count). The Hall–Kier alpha value is -2.52. The van der Waals surface area contributed by atoms with Gasteiger partial charge in [-0.2, -0.15) is 5.10 Å². The van der Waals surface area contributed by atoms with Crippen molar-refractivity contribution in [2.75, 3.05) is 0 Å². The van der Waals surface area contributed by atoms with Crippen LogP contribution in [-0.4, -0.2) is 27.5 Å². The van der Waals surface area contributed by atoms with Crippen LogP contribution in [0.2, 0.25) is 0 Å². The van der Waals surface area contributed by atoms with E-state index in [4.69, 9.17) is 0 Å². The van der Waals surface area contributed by atoms with Crippen molar-refractivity contribution in [1.29, 1.82) is 0 Å². The van der Waals surface area contributed by atoms with Crippen LogP contribution >= 0.6 is 27.7 Å². The highest BCUT2D eigenvalue weighted by Crippen LogP contribution is 2.24. The summed E-state index contributed by atoms with van der Waals surface area (Å²) in [7, 11) is 0. The van der Waals surface area contributed by atoms with E-state index in [-0.39, 0.29) is 16.8 Å². The fourth-order valence-electron chi connectivity index (χ4n) is 2.29. The van der Waals surface area contributed by atoms with E-state index in [1.165, 1.54) is 30.1 Å². The first-order valence-corrected chi connectivity index (χ1v) is 9.26. The minimum atomic E-state index is -0.469. The van der Waals surface area contributed by atoms with Crippen molar-refractivity contribution in [2.24, 2.45) is 10.2 Å². The molecule has 1 heterocycles. The van der Waals surface area contributed by atoms with Gasteiger partial charge in [-0.3, -0.25) is 14.9 Å². The molecule has 0 spiro atoms. The maximum absolute atomic E-state index is 12.1. The quantitative estimate of drug-likeness (QED) is 0.443. The predicted molar refractivity (Wildman–Crippen MR) is 105 cm³/mol. The normalized spacial score (nSPS) is 18.4. The van der Waals surface area contributed by atoms with Gasteiger partial charge in [-0.1, -0.05) is 52.0 Å². The first kappa shape index (κ1) is 18.3. The van der Waals surface area contributed by atoms with Crippen LogP contribution in [0.25, 0.3) is 0 Å². The zero-order chi connectivity index (χ0) is 18.5. The minimum Gasteiger partial charge on any atom is -0.303 e. The highest BCUT2D eigenvalue weighted by atomic mass is 79.9. The number of nitrogens with one attached hydrogen (secondary N) is 1. The van der Waals surface area contributed by atoms with Gasteiger partial charge in [0.2, 0.25) is 5.91 Å². The number of benzene rings is 2. The molecule has 132 valence electrons. The van der Waals surface area contributed by atoms with Crippen LogP contribution in [0.3, 0.4) is 0 Å². The second kappa shape index (κ2) is 8.24. The van der Waals surface area contributed by atoms with Crippen molar-refractivity contribution >= 4 is 50.7 Å². The highest BCUT2D eigenvalue weighted by molar-refractivity contribution is 9.10. The average Bonchev–Trinajstić information content (AvgIpc) is 2.97. The van der Waals surface area contributed by atoms with Crippen LogP contribution in [0, 0.1) is 10.1 Å². The van der Waals surface area contributed by atoms with Gasteiger partial charge >= 0.3 is 0 Å². The number of thioether (sulfide) groups is 1. The van der Waals surface area contributed by atoms with Crippen molar-refractivity contribution in [3.8, 4) is 0 Å². The van der Waals surface area contributed by atoms with Crippen LogP contribution in [0.15, 0.2) is 63.2 Å². The van der Waals surface area contributed by atoms with Crippen LogP contribution in [0.5, 0.6) is 0 Å². The molecule has 26 heavy (non-hydrogen) atoms. The number of hydrogen-bond acceptors (Lipinski definition) is 6. The summed E-state index contributed by atoms with van der Waals surface area (Å²) in [5, 5.41) is 21.5. The summed E-state index contributed by atoms with van der Waals surface area (Å²) in [6, 6.07) is 13.9. The minimum absolute atomic E-state index is 0.0142. The molecule has 1 saturated heterocycles. The Labute approximate surface area is 161 Å². The third kappa shape index (κ3) is 4.77. The summed E-state index contributed by atoms with van der Waals surface area (Å²) < 4.78 is 0.988. The van der Waals surface area contributed by atoms with Gasteiger partial charge in [0.25, 0.3) is 5.69 Å². The van der Waals surface area contributed by atoms with E-state index in [9.17, 15) is 14.9 Å². The van der Waals surface area contributed by atoms with Crippen molar-refractivity contribution in [2.45, 2.75) is 11.7 Å². The maximum Gasteiger partial charge on any atom is 0.270 e. The number of non-ortho nitro benzene ring substituents is 1. The molecule has 1 aliphatic heterocycles. The largest absolute Gasteiger partial charge is 0.303 e. The summed E-state index contributed by atoms with van der Waals surface area (Å²) in [4.78, 5) is 22.3. The Morgan fingerprint density at radius 1 is 1.27 bits per heavy atom. The Morgan fingerprint density at radius 3 is 2.77 bits per heavy atom. The van der Waals surface area contributed by atoms with Crippen molar-refractivity contribution in [3.05, 3.63) is 74.2 Å². The third-order valence-corrected chi connectivity index (χ3v) is 5.15. The molecule has 0 aliphatic carbocycles. The fourth-order valence-corrected chi connectivity index (χ4v) is 3.52. The first-order valence-electron chi connectivity index (χ1n) is 7.59. The molecule has 0 aromatic heterocycles. The van der Waals surface area contributed by atoms with Gasteiger partial charge in [-0.25, -0.2) is 0 Å². The fraction of sp³-hybridized carbons (Fsp3) is 0.118. The lowest BCUT2D eigenvalue weighted by atomic mass is 10.1. The van der Waals surface area contributed by atoms with Gasteiger partial charge in [-0.15, -0.1) is 5.10 Å². The molecule has 0 saturated carbocycles. The average molecular weight is 433 g/mol. The van der Waals surface area contributed by atoms with Gasteiger partial charge in [-0.05, 0) is 24.1 Å². The smallest absolute Gasteiger partial charge is 0.270 e. The van der Waals surface area contributed by atoms with E-state index >= 15 is 0 Å². The number of carbonyl (C=O) groups excluding carboxylic acids is 1. The standard InChI is InChI=1S/C17H13BrN4O3S/c18-13-6-4-11(5-7-13)9-15-16(23)20-17(26-15)21-19-10-12-2-1-3-14(8-12)22(24)25/h1-8,10,15H,9H2,(H,20,21,23)/b19-10-/t15-/m1/s1. The summed E-state index contributed by atoms with van der Waals surface area (Å²) in [5.74, 6) is -0.109. The number of carbonyl (C=O) groups is 1. The summed E-state index contributed by atoms with van der Waals surface area (Å²) >= 11 is 4.70. The van der Waals surface area contributed by atoms with Crippen molar-refractivity contribution in [1.82, 2.24) is 5.32 Å². The number of nitrogens with zero attached hydrogens (tertiary/aromatic N) is 3. The molecule has 2 aromatic carbocycles. The molecule has 1 fully saturated rings. The zero-order valence-electron chi connectivity index (χ0n) is 13.3. The lowest BCUT2D eigenvalue weighted by Crippen LogP contribution is -2.25. The Morgan fingerprint density at radius 2 is 2.04 bits per heavy atom. The molecular formula is C17H13BrN4O3S. The van der Waals surface area contributed by atoms with E-state index < -0.39 is 4.92 Å². The van der Waals surface area contributed by atoms with E-state index in [0.29, 0.717) is 17.2 Å². The first-order chi connectivity index (χ1) is 12.5. The molecule has 7 nitrogen and oxygen atoms in total. The SMILES string of the molecule is O=C1N/C(=N\N=C/c2cccc([N+](=O)[O-])c2)S[C@@H]1Cc1ccc(Br)cc1. The zero-order valence-corrected chi connectivity index (χ0v) is 15.7. The van der Waals surface area contributed by atoms with Crippen molar-refractivity contribution in [3.63, 3.8) is 0 Å². The highest BCUT2D eigenvalue weighted by Gasteiger charge is 2.30. The molecule has 1 amide bonds. The Bertz CT molecular complexity index is 899. The number of amidine groups is 1. The molecule has 2 aromatic rings. The van der Waals surface area contributed by atoms with E-state index in [1.807, 2.05) is 24.3 Å². The van der Waals surface area contributed by atoms with Crippen LogP contribution < -0.4 is 5.32 Å². The molecule has 9 heteroatoms. The van der Waals surface area contributed by atoms with Crippen LogP contribution in [0.4, 0.5) is 5.69 Å². The lowest BCUT2D eigenvalue weighted by molar-refractivity contribution is -0.384. The molecule has 1 aliphatic rings. The van der Waals surface area contributed by atoms with Gasteiger partial charge in [0.1, 0.15) is 0 Å². The molecular weight excluding hydrogens is 420 g/mol. The number of amides is 1. The third-order valence-electron chi connectivity index (χ3n) is 3.55. The van der Waals surface area contributed by atoms with E-state index in [2.05, 4.69) is 31.4 Å². The number of nitro benzene ring substituents is 1. The summed E-state index contributed by atoms with van der Waals surface area (Å²) in [5.41, 5.74) is 1.60. The number of nitro groups is 1. The Balaban J connectivity index is 1.63. The molecule has 1 N–H and O–H groups in total. The van der Waals surface area contributed by atoms with Crippen molar-refractivity contribution < 1.29 is 9.72 Å². The monoisotopic (exact) mass is 432 g/mol. The van der Waals surface area contributed by atoms with E-state index in [1.54, 1.807) is 12.1 Å². The molecule has 1 atom stereocenters. The van der Waals surface area contributed by atoms with Gasteiger partial charge in [0, 0.05) is 22.2 Å². The van der Waals surface area contributed by atoms with E-state index in [0.717, 1.165) is 10.0 Å². The second-order valence-corrected chi connectivity index (χ2v) is 7.54. The molecule has 0 unspecified atom stereocenters. The number of rotatable bonds is 5. The summed E-state index contributed by atoms with van der Waals surface area (Å²) in [6.45, 7) is 0. The predicted octanol–water partition coefficient (Wildman–Crippen LogP) is 3.52. The topological polar surface area (TPSA) is 97.0 Å². The maximum atomic E-state index is 12.1. The van der Waals surface area contributed by atoms with Crippen LogP contribution in [0.1, 0.15) is 11.1 Å². The van der Waals surface area contributed by atoms with Gasteiger partial charge in [0.05, 0.1) is 16.4 Å². The summed E-state index contributed by atoms with van der Waals surface area (Å²) in [6.07, 6.45) is 2.01. The number of hydrogen-bond donors (Lipinski definition) is 1. The second-order valence-electron chi connectivity index (χ2n) is 5.43. The van der Waals surface area contributed by atoms with Crippen LogP contribution in [-0.2, 0) is 11.2 Å². The van der Waals surface area contributed by atoms with Gasteiger partial charge < -0.3 is 5.32 Å².